The van der Waals surface area contributed by atoms with Crippen molar-refractivity contribution in [2.24, 2.45) is 12.5 Å². The lowest BCUT2D eigenvalue weighted by Gasteiger charge is -2.53. The van der Waals surface area contributed by atoms with E-state index in [4.69, 9.17) is 0 Å². The maximum atomic E-state index is 13.4. The topological polar surface area (TPSA) is 84.1 Å². The fraction of sp³-hybridized carbons (Fsp3) is 0.700. The van der Waals surface area contributed by atoms with Gasteiger partial charge in [-0.3, -0.25) is 14.4 Å². The molecule has 2 saturated heterocycles. The van der Waals surface area contributed by atoms with Gasteiger partial charge in [0.2, 0.25) is 5.91 Å². The van der Waals surface area contributed by atoms with E-state index < -0.39 is 0 Å². The molecule has 0 unspecified atom stereocenters. The number of carbonyl (C=O) groups excluding carboxylic acids is 1. The van der Waals surface area contributed by atoms with Crippen LogP contribution in [0.5, 0.6) is 0 Å². The molecule has 2 fully saturated rings. The van der Waals surface area contributed by atoms with Gasteiger partial charge in [-0.2, -0.15) is 0 Å². The van der Waals surface area contributed by atoms with Crippen LogP contribution in [0.25, 0.3) is 0 Å². The number of nitrogens with one attached hydrogen (secondary N) is 1. The van der Waals surface area contributed by atoms with Crippen molar-refractivity contribution < 1.29 is 4.79 Å². The molecule has 0 saturated carbocycles. The maximum absolute atomic E-state index is 13.4. The Morgan fingerprint density at radius 2 is 2.14 bits per heavy atom. The number of imidazole rings is 1. The van der Waals surface area contributed by atoms with Gasteiger partial charge in [0.15, 0.2) is 0 Å². The van der Waals surface area contributed by atoms with E-state index in [2.05, 4.69) is 42.0 Å². The Kier molecular flexibility index (Phi) is 5.96. The summed E-state index contributed by atoms with van der Waals surface area (Å²) in [6.45, 7) is 5.15. The molecule has 2 atom stereocenters. The molecule has 9 nitrogen and oxygen atoms in total. The number of nitrogens with zero attached hydrogens (tertiary/aromatic N) is 7. The summed E-state index contributed by atoms with van der Waals surface area (Å²) in [6, 6.07) is 0.224. The Morgan fingerprint density at radius 1 is 1.24 bits per heavy atom. The monoisotopic (exact) mass is 400 g/mol. The molecule has 0 spiro atoms. The third-order valence-electron chi connectivity index (χ3n) is 6.61. The number of likely N-dealkylation sites (tertiary alicyclic amines) is 2. The van der Waals surface area contributed by atoms with Crippen LogP contribution >= 0.6 is 0 Å². The third kappa shape index (κ3) is 4.20. The number of aromatic nitrogens is 5. The Balaban J connectivity index is 1.43. The number of rotatable bonds is 7. The largest absolute Gasteiger partial charge is 0.355 e. The zero-order chi connectivity index (χ0) is 20.3. The lowest BCUT2D eigenvalue weighted by molar-refractivity contribution is -0.145. The quantitative estimate of drug-likeness (QED) is 0.682. The smallest absolute Gasteiger partial charge is 0.227 e. The van der Waals surface area contributed by atoms with E-state index in [-0.39, 0.29) is 17.4 Å². The van der Waals surface area contributed by atoms with Crippen LogP contribution in [0.15, 0.2) is 24.8 Å². The molecule has 29 heavy (non-hydrogen) atoms. The molecule has 0 bridgehead atoms. The van der Waals surface area contributed by atoms with Gasteiger partial charge in [-0.25, -0.2) is 4.98 Å². The molecular formula is C20H32N8O. The van der Waals surface area contributed by atoms with Crippen LogP contribution in [0.2, 0.25) is 0 Å². The number of carbonyl (C=O) groups is 1. The molecule has 4 heterocycles. The highest BCUT2D eigenvalue weighted by Crippen LogP contribution is 2.43. The number of fused-ring (bicyclic) bond motifs is 1. The zero-order valence-corrected chi connectivity index (χ0v) is 17.5. The molecule has 0 aliphatic carbocycles. The van der Waals surface area contributed by atoms with E-state index in [1.165, 1.54) is 0 Å². The van der Waals surface area contributed by atoms with Crippen LogP contribution in [0.4, 0.5) is 0 Å². The molecule has 2 aromatic heterocycles. The lowest BCUT2D eigenvalue weighted by Crippen LogP contribution is -2.65. The molecule has 1 N–H and O–H groups in total. The van der Waals surface area contributed by atoms with Crippen molar-refractivity contribution in [1.29, 1.82) is 0 Å². The SMILES string of the molecule is CN1CC[C@]2(C(=O)NCCCn3ccnn3)CCCN(Cc3nccn3C)[C@H]2C1. The van der Waals surface area contributed by atoms with Crippen molar-refractivity contribution in [1.82, 2.24) is 39.7 Å². The van der Waals surface area contributed by atoms with Crippen LogP contribution in [0.1, 0.15) is 31.5 Å². The zero-order valence-electron chi connectivity index (χ0n) is 17.5. The van der Waals surface area contributed by atoms with E-state index in [0.29, 0.717) is 6.54 Å². The van der Waals surface area contributed by atoms with Crippen molar-refractivity contribution in [3.8, 4) is 0 Å². The first-order valence-corrected chi connectivity index (χ1v) is 10.6. The van der Waals surface area contributed by atoms with Gasteiger partial charge in [-0.1, -0.05) is 5.21 Å². The van der Waals surface area contributed by atoms with Crippen LogP contribution in [0, 0.1) is 5.41 Å². The molecule has 2 aromatic rings. The second-order valence-electron chi connectivity index (χ2n) is 8.49. The molecule has 4 rings (SSSR count). The van der Waals surface area contributed by atoms with Crippen molar-refractivity contribution in [2.75, 3.05) is 33.2 Å². The number of aryl methyl sites for hydroxylation is 2. The van der Waals surface area contributed by atoms with Crippen molar-refractivity contribution in [2.45, 2.75) is 44.8 Å². The van der Waals surface area contributed by atoms with Crippen LogP contribution in [-0.4, -0.2) is 79.5 Å². The highest BCUT2D eigenvalue weighted by molar-refractivity contribution is 5.83. The lowest BCUT2D eigenvalue weighted by atomic mass is 9.67. The van der Waals surface area contributed by atoms with Gasteiger partial charge in [-0.15, -0.1) is 5.10 Å². The number of likely N-dealkylation sites (N-methyl/N-ethyl adjacent to an activating group) is 1. The Morgan fingerprint density at radius 3 is 2.90 bits per heavy atom. The summed E-state index contributed by atoms with van der Waals surface area (Å²) >= 11 is 0. The minimum absolute atomic E-state index is 0.221. The molecule has 0 radical (unpaired) electrons. The summed E-state index contributed by atoms with van der Waals surface area (Å²) in [6.07, 6.45) is 11.2. The number of hydrogen-bond donors (Lipinski definition) is 1. The predicted octanol–water partition coefficient (Wildman–Crippen LogP) is 0.504. The summed E-state index contributed by atoms with van der Waals surface area (Å²) < 4.78 is 3.88. The number of piperidine rings is 2. The maximum Gasteiger partial charge on any atom is 0.227 e. The molecular weight excluding hydrogens is 368 g/mol. The summed E-state index contributed by atoms with van der Waals surface area (Å²) in [7, 11) is 4.20. The fourth-order valence-corrected chi connectivity index (χ4v) is 4.90. The highest BCUT2D eigenvalue weighted by atomic mass is 16.2. The second-order valence-corrected chi connectivity index (χ2v) is 8.49. The van der Waals surface area contributed by atoms with Gasteiger partial charge < -0.3 is 14.8 Å². The Hall–Kier alpha value is -2.26. The van der Waals surface area contributed by atoms with E-state index in [1.54, 1.807) is 10.9 Å². The minimum Gasteiger partial charge on any atom is -0.355 e. The average molecular weight is 401 g/mol. The summed E-state index contributed by atoms with van der Waals surface area (Å²) in [5.74, 6) is 1.28. The third-order valence-corrected chi connectivity index (χ3v) is 6.61. The Bertz CT molecular complexity index is 803. The molecule has 2 aliphatic rings. The Labute approximate surface area is 172 Å². The van der Waals surface area contributed by atoms with Crippen molar-refractivity contribution in [3.05, 3.63) is 30.6 Å². The van der Waals surface area contributed by atoms with Crippen molar-refractivity contribution in [3.63, 3.8) is 0 Å². The first-order chi connectivity index (χ1) is 14.1. The molecule has 158 valence electrons. The fourth-order valence-electron chi connectivity index (χ4n) is 4.90. The predicted molar refractivity (Wildman–Crippen MR) is 109 cm³/mol. The number of hydrogen-bond acceptors (Lipinski definition) is 6. The molecule has 1 amide bonds. The first-order valence-electron chi connectivity index (χ1n) is 10.6. The average Bonchev–Trinajstić information content (AvgIpc) is 3.38. The standard InChI is InChI=1S/C20H32N8O/c1-25-12-6-20(19(29)22-7-4-11-28-14-9-23-24-28)5-3-10-27(17(20)15-25)16-18-21-8-13-26(18)2/h8-9,13-14,17H,3-7,10-12,15-16H2,1-2H3,(H,22,29)/t17-,20+/m0/s1. The number of amides is 1. The van der Waals surface area contributed by atoms with E-state index >= 15 is 0 Å². The summed E-state index contributed by atoms with van der Waals surface area (Å²) in [5, 5.41) is 11.0. The first kappa shape index (κ1) is 20.0. The summed E-state index contributed by atoms with van der Waals surface area (Å²) in [5.41, 5.74) is -0.302. The van der Waals surface area contributed by atoms with Gasteiger partial charge in [0.1, 0.15) is 5.82 Å². The normalized spacial score (nSPS) is 25.7. The molecule has 9 heteroatoms. The van der Waals surface area contributed by atoms with Gasteiger partial charge >= 0.3 is 0 Å². The van der Waals surface area contributed by atoms with Gasteiger partial charge in [0.05, 0.1) is 18.2 Å². The van der Waals surface area contributed by atoms with E-state index in [0.717, 1.165) is 64.2 Å². The van der Waals surface area contributed by atoms with Crippen molar-refractivity contribution >= 4 is 5.91 Å². The van der Waals surface area contributed by atoms with Crippen LogP contribution < -0.4 is 5.32 Å². The molecule has 0 aromatic carbocycles. The van der Waals surface area contributed by atoms with E-state index in [9.17, 15) is 4.79 Å². The van der Waals surface area contributed by atoms with Crippen LogP contribution in [0.3, 0.4) is 0 Å². The highest BCUT2D eigenvalue weighted by Gasteiger charge is 2.52. The van der Waals surface area contributed by atoms with Gasteiger partial charge in [0.25, 0.3) is 0 Å². The van der Waals surface area contributed by atoms with Gasteiger partial charge in [0, 0.05) is 51.3 Å². The summed E-state index contributed by atoms with van der Waals surface area (Å²) in [4.78, 5) is 22.8. The molecule has 2 aliphatic heterocycles. The second kappa shape index (κ2) is 8.62. The van der Waals surface area contributed by atoms with E-state index in [1.807, 2.05) is 25.6 Å². The van der Waals surface area contributed by atoms with Gasteiger partial charge in [-0.05, 0) is 45.8 Å². The minimum atomic E-state index is -0.302. The van der Waals surface area contributed by atoms with Crippen LogP contribution in [-0.2, 0) is 24.9 Å².